The highest BCUT2D eigenvalue weighted by molar-refractivity contribution is 6.71. The van der Waals surface area contributed by atoms with E-state index >= 15 is 0 Å². The Bertz CT molecular complexity index is 461. The monoisotopic (exact) mass is 312 g/mol. The lowest BCUT2D eigenvalue weighted by Crippen LogP contribution is -2.30. The van der Waals surface area contributed by atoms with Gasteiger partial charge in [0.05, 0.1) is 0 Å². The van der Waals surface area contributed by atoms with Crippen LogP contribution in [0.3, 0.4) is 0 Å². The van der Waals surface area contributed by atoms with Crippen molar-refractivity contribution in [2.75, 3.05) is 6.61 Å². The molecule has 1 rings (SSSR count). The first-order valence-electron chi connectivity index (χ1n) is 6.35. The molecule has 0 saturated heterocycles. The average Bonchev–Trinajstić information content (AvgIpc) is 2.38. The third kappa shape index (κ3) is 3.79. The summed E-state index contributed by atoms with van der Waals surface area (Å²) in [4.78, 5) is 0. The predicted octanol–water partition coefficient (Wildman–Crippen LogP) is 4.56. The number of rotatable bonds is 6. The minimum Gasteiger partial charge on any atom is -0.418 e. The summed E-state index contributed by atoms with van der Waals surface area (Å²) in [5, 5.41) is 0. The van der Waals surface area contributed by atoms with Crippen LogP contribution in [0, 0.1) is 29.1 Å². The van der Waals surface area contributed by atoms with Gasteiger partial charge in [-0.15, -0.1) is 0 Å². The van der Waals surface area contributed by atoms with E-state index in [1.54, 1.807) is 0 Å². The third-order valence-corrected chi connectivity index (χ3v) is 5.67. The van der Waals surface area contributed by atoms with Gasteiger partial charge in [0.15, 0.2) is 31.6 Å². The van der Waals surface area contributed by atoms with E-state index in [9.17, 15) is 22.0 Å². The minimum absolute atomic E-state index is 0.199. The summed E-state index contributed by atoms with van der Waals surface area (Å²) in [5.41, 5.74) is -0.748. The molecule has 0 bridgehead atoms. The molecule has 0 saturated carbocycles. The van der Waals surface area contributed by atoms with E-state index < -0.39 is 43.0 Å². The zero-order chi connectivity index (χ0) is 15.5. The van der Waals surface area contributed by atoms with Crippen molar-refractivity contribution < 1.29 is 26.4 Å². The lowest BCUT2D eigenvalue weighted by Gasteiger charge is -2.21. The van der Waals surface area contributed by atoms with Crippen LogP contribution < -0.4 is 0 Å². The Kier molecular flexibility index (Phi) is 5.70. The van der Waals surface area contributed by atoms with Gasteiger partial charge in [-0.3, -0.25) is 0 Å². The number of hydrogen-bond donors (Lipinski definition) is 0. The van der Waals surface area contributed by atoms with Crippen molar-refractivity contribution in [1.29, 1.82) is 0 Å². The van der Waals surface area contributed by atoms with Gasteiger partial charge in [0.2, 0.25) is 5.82 Å². The summed E-state index contributed by atoms with van der Waals surface area (Å²) >= 11 is 0. The normalized spacial score (nSPS) is 12.0. The molecule has 0 atom stereocenters. The van der Waals surface area contributed by atoms with Gasteiger partial charge in [-0.25, -0.2) is 22.0 Å². The lowest BCUT2D eigenvalue weighted by molar-refractivity contribution is 0.327. The summed E-state index contributed by atoms with van der Waals surface area (Å²) < 4.78 is 71.3. The van der Waals surface area contributed by atoms with Gasteiger partial charge in [-0.05, 0) is 38.9 Å². The quantitative estimate of drug-likeness (QED) is 0.324. The molecule has 0 unspecified atom stereocenters. The van der Waals surface area contributed by atoms with E-state index in [0.717, 1.165) is 0 Å². The fourth-order valence-electron chi connectivity index (χ4n) is 2.02. The van der Waals surface area contributed by atoms with Crippen LogP contribution >= 0.6 is 0 Å². The Balaban J connectivity index is 2.84. The fourth-order valence-corrected chi connectivity index (χ4v) is 3.98. The predicted molar refractivity (Wildman–Crippen MR) is 68.5 cm³/mol. The molecule has 1 aromatic rings. The van der Waals surface area contributed by atoms with Gasteiger partial charge >= 0.3 is 0 Å². The first-order valence-corrected chi connectivity index (χ1v) is 9.47. The van der Waals surface area contributed by atoms with Crippen LogP contribution in [0.4, 0.5) is 22.0 Å². The van der Waals surface area contributed by atoms with Gasteiger partial charge in [0.1, 0.15) is 0 Å². The maximum atomic E-state index is 13.4. The largest absolute Gasteiger partial charge is 0.418 e. The van der Waals surface area contributed by atoms with Crippen LogP contribution in [0.5, 0.6) is 0 Å². The Hall–Kier alpha value is -0.953. The van der Waals surface area contributed by atoms with E-state index in [0.29, 0.717) is 19.1 Å². The molecule has 7 heteroatoms. The number of benzene rings is 1. The van der Waals surface area contributed by atoms with Crippen molar-refractivity contribution >= 4 is 8.32 Å². The van der Waals surface area contributed by atoms with E-state index in [1.165, 1.54) is 0 Å². The van der Waals surface area contributed by atoms with E-state index in [1.807, 2.05) is 20.0 Å². The van der Waals surface area contributed by atoms with E-state index in [2.05, 4.69) is 0 Å². The van der Waals surface area contributed by atoms with Crippen LogP contribution in [0.15, 0.2) is 0 Å². The molecule has 114 valence electrons. The van der Waals surface area contributed by atoms with Crippen molar-refractivity contribution in [2.45, 2.75) is 38.9 Å². The van der Waals surface area contributed by atoms with E-state index in [4.69, 9.17) is 4.43 Å². The van der Waals surface area contributed by atoms with Crippen molar-refractivity contribution in [2.24, 2.45) is 0 Å². The molecule has 0 N–H and O–H groups in total. The molecule has 0 aromatic heterocycles. The molecule has 20 heavy (non-hydrogen) atoms. The van der Waals surface area contributed by atoms with Crippen molar-refractivity contribution in [3.63, 3.8) is 0 Å². The van der Waals surface area contributed by atoms with Gasteiger partial charge in [0.25, 0.3) is 0 Å². The standard InChI is InChI=1S/C13H17F5OSi/c1-4-19-20(2,3)7-5-6-8-9(14)11(16)13(18)12(17)10(8)15/h4-7H2,1-3H3. The van der Waals surface area contributed by atoms with Crippen molar-refractivity contribution in [3.05, 3.63) is 34.6 Å². The summed E-state index contributed by atoms with van der Waals surface area (Å²) in [6.45, 7) is 6.27. The van der Waals surface area contributed by atoms with Crippen LogP contribution in [0.25, 0.3) is 0 Å². The Morgan fingerprint density at radius 2 is 1.30 bits per heavy atom. The zero-order valence-electron chi connectivity index (χ0n) is 11.6. The maximum absolute atomic E-state index is 13.4. The SMILES string of the molecule is CCO[Si](C)(C)CCCc1c(F)c(F)c(F)c(F)c1F. The first kappa shape index (κ1) is 17.1. The lowest BCUT2D eigenvalue weighted by atomic mass is 10.1. The molecule has 1 aromatic carbocycles. The first-order chi connectivity index (χ1) is 9.21. The zero-order valence-corrected chi connectivity index (χ0v) is 12.6. The maximum Gasteiger partial charge on any atom is 0.200 e. The highest BCUT2D eigenvalue weighted by atomic mass is 28.4. The van der Waals surface area contributed by atoms with Gasteiger partial charge < -0.3 is 4.43 Å². The smallest absolute Gasteiger partial charge is 0.200 e. The van der Waals surface area contributed by atoms with Gasteiger partial charge in [-0.1, -0.05) is 0 Å². The van der Waals surface area contributed by atoms with Gasteiger partial charge in [-0.2, -0.15) is 0 Å². The fraction of sp³-hybridized carbons (Fsp3) is 0.538. The van der Waals surface area contributed by atoms with Crippen LogP contribution in [0.1, 0.15) is 18.9 Å². The molecule has 0 fully saturated rings. The van der Waals surface area contributed by atoms with Crippen LogP contribution in [-0.4, -0.2) is 14.9 Å². The second kappa shape index (κ2) is 6.67. The third-order valence-electron chi connectivity index (χ3n) is 3.04. The molecule has 0 heterocycles. The minimum atomic E-state index is -2.12. The Morgan fingerprint density at radius 1 is 0.850 bits per heavy atom. The van der Waals surface area contributed by atoms with E-state index in [-0.39, 0.29) is 6.42 Å². The Morgan fingerprint density at radius 3 is 1.75 bits per heavy atom. The molecule has 0 aliphatic carbocycles. The molecular weight excluding hydrogens is 295 g/mol. The molecule has 0 aliphatic rings. The molecular formula is C13H17F5OSi. The Labute approximate surface area is 115 Å². The molecule has 1 nitrogen and oxygen atoms in total. The van der Waals surface area contributed by atoms with Gasteiger partial charge in [0, 0.05) is 12.2 Å². The van der Waals surface area contributed by atoms with Crippen LogP contribution in [0.2, 0.25) is 19.1 Å². The average molecular weight is 312 g/mol. The number of hydrogen-bond acceptors (Lipinski definition) is 1. The summed E-state index contributed by atoms with van der Waals surface area (Å²) in [5.74, 6) is -9.37. The topological polar surface area (TPSA) is 9.23 Å². The highest BCUT2D eigenvalue weighted by Gasteiger charge is 2.26. The summed E-state index contributed by atoms with van der Waals surface area (Å²) in [7, 11) is -1.94. The molecule has 0 amide bonds. The second-order valence-electron chi connectivity index (χ2n) is 5.09. The molecule has 0 radical (unpaired) electrons. The van der Waals surface area contributed by atoms with Crippen molar-refractivity contribution in [3.8, 4) is 0 Å². The summed E-state index contributed by atoms with van der Waals surface area (Å²) in [6.07, 6.45) is 0.118. The molecule has 0 spiro atoms. The number of halogens is 5. The highest BCUT2D eigenvalue weighted by Crippen LogP contribution is 2.25. The molecule has 0 aliphatic heterocycles. The van der Waals surface area contributed by atoms with Crippen molar-refractivity contribution in [1.82, 2.24) is 0 Å². The second-order valence-corrected chi connectivity index (χ2v) is 9.40. The van der Waals surface area contributed by atoms with Crippen LogP contribution in [-0.2, 0) is 10.8 Å². The summed E-state index contributed by atoms with van der Waals surface area (Å²) in [6, 6.07) is 0.584.